The zero-order valence-corrected chi connectivity index (χ0v) is 16.1. The predicted octanol–water partition coefficient (Wildman–Crippen LogP) is 5.49. The molecule has 0 aliphatic carbocycles. The van der Waals surface area contributed by atoms with Gasteiger partial charge in [-0.3, -0.25) is 0 Å². The normalized spacial score (nSPS) is 18.7. The van der Waals surface area contributed by atoms with Crippen molar-refractivity contribution in [2.75, 3.05) is 0 Å². The molecule has 0 rings (SSSR count). The zero-order chi connectivity index (χ0) is 17.0. The molecule has 0 spiro atoms. The maximum absolute atomic E-state index is 6.74. The third-order valence-electron chi connectivity index (χ3n) is 5.61. The summed E-state index contributed by atoms with van der Waals surface area (Å²) in [4.78, 5) is 0. The van der Waals surface area contributed by atoms with Crippen LogP contribution in [0.3, 0.4) is 0 Å². The summed E-state index contributed by atoms with van der Waals surface area (Å²) in [7, 11) is 0. The van der Waals surface area contributed by atoms with Crippen molar-refractivity contribution in [3.05, 3.63) is 0 Å². The van der Waals surface area contributed by atoms with E-state index in [1.165, 1.54) is 64.2 Å². The van der Waals surface area contributed by atoms with Gasteiger partial charge in [-0.25, -0.2) is 0 Å². The largest absolute Gasteiger partial charge is 0.327 e. The second-order valence-electron chi connectivity index (χ2n) is 7.23. The van der Waals surface area contributed by atoms with E-state index in [2.05, 4.69) is 34.6 Å². The van der Waals surface area contributed by atoms with Gasteiger partial charge in [0.05, 0.1) is 0 Å². The summed E-state index contributed by atoms with van der Waals surface area (Å²) in [5.41, 5.74) is 13.5. The van der Waals surface area contributed by atoms with Gasteiger partial charge in [0.1, 0.15) is 0 Å². The Morgan fingerprint density at radius 1 is 0.591 bits per heavy atom. The van der Waals surface area contributed by atoms with Crippen LogP contribution in [0.15, 0.2) is 0 Å². The van der Waals surface area contributed by atoms with Crippen molar-refractivity contribution >= 4 is 0 Å². The van der Waals surface area contributed by atoms with Crippen molar-refractivity contribution in [3.8, 4) is 0 Å². The summed E-state index contributed by atoms with van der Waals surface area (Å²) in [6, 6.07) is 0.560. The lowest BCUT2D eigenvalue weighted by atomic mass is 9.73. The molecule has 0 fully saturated rings. The van der Waals surface area contributed by atoms with Crippen molar-refractivity contribution < 1.29 is 0 Å². The molecule has 0 aromatic carbocycles. The second-order valence-corrected chi connectivity index (χ2v) is 7.23. The molecular formula is C20H44N2. The van der Waals surface area contributed by atoms with E-state index in [0.29, 0.717) is 17.8 Å². The monoisotopic (exact) mass is 312 g/mol. The molecule has 22 heavy (non-hydrogen) atoms. The standard InChI is InChI=1S/C20H44N2/c1-6-11-14-16(9-4)19(21)18(13-8-3)20(22)17(10-5)15-12-7-2/h16-20H,6-15,21-22H2,1-5H3. The maximum atomic E-state index is 6.74. The Hall–Kier alpha value is -0.0800. The van der Waals surface area contributed by atoms with Crippen LogP contribution in [0.25, 0.3) is 0 Å². The van der Waals surface area contributed by atoms with Crippen molar-refractivity contribution in [2.45, 2.75) is 111 Å². The van der Waals surface area contributed by atoms with Gasteiger partial charge in [-0.1, -0.05) is 79.6 Å². The molecule has 0 saturated heterocycles. The molecule has 4 N–H and O–H groups in total. The highest BCUT2D eigenvalue weighted by molar-refractivity contribution is 4.89. The predicted molar refractivity (Wildman–Crippen MR) is 101 cm³/mol. The molecule has 0 aromatic heterocycles. The average Bonchev–Trinajstić information content (AvgIpc) is 2.53. The molecule has 0 amide bonds. The maximum Gasteiger partial charge on any atom is 0.0110 e. The van der Waals surface area contributed by atoms with Crippen LogP contribution in [0.2, 0.25) is 0 Å². The van der Waals surface area contributed by atoms with Gasteiger partial charge in [0.25, 0.3) is 0 Å². The van der Waals surface area contributed by atoms with E-state index in [1.54, 1.807) is 0 Å². The quantitative estimate of drug-likeness (QED) is 0.445. The van der Waals surface area contributed by atoms with Gasteiger partial charge in [-0.05, 0) is 37.0 Å². The van der Waals surface area contributed by atoms with E-state index in [-0.39, 0.29) is 12.1 Å². The fraction of sp³-hybridized carbons (Fsp3) is 1.00. The lowest BCUT2D eigenvalue weighted by Crippen LogP contribution is -2.49. The molecule has 0 aromatic rings. The van der Waals surface area contributed by atoms with Gasteiger partial charge in [-0.2, -0.15) is 0 Å². The summed E-state index contributed by atoms with van der Waals surface area (Å²) >= 11 is 0. The Morgan fingerprint density at radius 3 is 1.27 bits per heavy atom. The smallest absolute Gasteiger partial charge is 0.0110 e. The van der Waals surface area contributed by atoms with Crippen LogP contribution < -0.4 is 11.5 Å². The highest BCUT2D eigenvalue weighted by Crippen LogP contribution is 2.30. The molecule has 0 heterocycles. The summed E-state index contributed by atoms with van der Waals surface area (Å²) in [5.74, 6) is 1.78. The van der Waals surface area contributed by atoms with Crippen LogP contribution >= 0.6 is 0 Å². The number of hydrogen-bond donors (Lipinski definition) is 2. The van der Waals surface area contributed by atoms with Crippen molar-refractivity contribution in [2.24, 2.45) is 29.2 Å². The van der Waals surface area contributed by atoms with Gasteiger partial charge < -0.3 is 11.5 Å². The second kappa shape index (κ2) is 13.4. The van der Waals surface area contributed by atoms with Gasteiger partial charge in [0, 0.05) is 12.1 Å². The first kappa shape index (κ1) is 21.9. The molecule has 4 atom stereocenters. The van der Waals surface area contributed by atoms with Crippen LogP contribution in [0.4, 0.5) is 0 Å². The number of unbranched alkanes of at least 4 members (excludes halogenated alkanes) is 2. The highest BCUT2D eigenvalue weighted by Gasteiger charge is 2.32. The SMILES string of the molecule is CCCCC(CC)C(N)C(CCC)C(N)C(CC)CCCC. The summed E-state index contributed by atoms with van der Waals surface area (Å²) < 4.78 is 0. The third kappa shape index (κ3) is 7.46. The average molecular weight is 313 g/mol. The number of hydrogen-bond acceptors (Lipinski definition) is 2. The minimum absolute atomic E-state index is 0.280. The minimum atomic E-state index is 0.280. The topological polar surface area (TPSA) is 52.0 Å². The van der Waals surface area contributed by atoms with Crippen LogP contribution in [0, 0.1) is 17.8 Å². The van der Waals surface area contributed by atoms with E-state index < -0.39 is 0 Å². The minimum Gasteiger partial charge on any atom is -0.327 e. The summed E-state index contributed by atoms with van der Waals surface area (Å²) in [6.45, 7) is 11.4. The Bertz CT molecular complexity index is 220. The molecule has 0 aliphatic heterocycles. The number of rotatable bonds is 14. The summed E-state index contributed by atoms with van der Waals surface area (Å²) in [6.07, 6.45) is 12.4. The molecule has 0 radical (unpaired) electrons. The van der Waals surface area contributed by atoms with Crippen molar-refractivity contribution in [1.82, 2.24) is 0 Å². The Kier molecular flexibility index (Phi) is 13.3. The fourth-order valence-corrected chi connectivity index (χ4v) is 3.94. The lowest BCUT2D eigenvalue weighted by molar-refractivity contribution is 0.189. The van der Waals surface area contributed by atoms with Gasteiger partial charge in [-0.15, -0.1) is 0 Å². The molecule has 0 aliphatic rings. The lowest BCUT2D eigenvalue weighted by Gasteiger charge is -2.38. The third-order valence-corrected chi connectivity index (χ3v) is 5.61. The zero-order valence-electron chi connectivity index (χ0n) is 16.1. The highest BCUT2D eigenvalue weighted by atomic mass is 14.8. The van der Waals surface area contributed by atoms with Gasteiger partial charge >= 0.3 is 0 Å². The van der Waals surface area contributed by atoms with Gasteiger partial charge in [0.2, 0.25) is 0 Å². The van der Waals surface area contributed by atoms with Crippen LogP contribution in [0.5, 0.6) is 0 Å². The molecule has 0 bridgehead atoms. The van der Waals surface area contributed by atoms with Crippen molar-refractivity contribution in [3.63, 3.8) is 0 Å². The van der Waals surface area contributed by atoms with Crippen LogP contribution in [-0.4, -0.2) is 12.1 Å². The van der Waals surface area contributed by atoms with E-state index in [0.717, 1.165) is 0 Å². The molecule has 134 valence electrons. The Balaban J connectivity index is 4.89. The van der Waals surface area contributed by atoms with E-state index >= 15 is 0 Å². The Labute approximate surface area is 140 Å². The van der Waals surface area contributed by atoms with E-state index in [9.17, 15) is 0 Å². The summed E-state index contributed by atoms with van der Waals surface area (Å²) in [5, 5.41) is 0. The van der Waals surface area contributed by atoms with E-state index in [1.807, 2.05) is 0 Å². The Morgan fingerprint density at radius 2 is 1.00 bits per heavy atom. The molecule has 0 saturated carbocycles. The fourth-order valence-electron chi connectivity index (χ4n) is 3.94. The van der Waals surface area contributed by atoms with Crippen molar-refractivity contribution in [1.29, 1.82) is 0 Å². The molecular weight excluding hydrogens is 268 g/mol. The molecule has 2 nitrogen and oxygen atoms in total. The first-order chi connectivity index (χ1) is 10.6. The van der Waals surface area contributed by atoms with E-state index in [4.69, 9.17) is 11.5 Å². The van der Waals surface area contributed by atoms with Crippen LogP contribution in [0.1, 0.15) is 98.8 Å². The number of nitrogens with two attached hydrogens (primary N) is 2. The van der Waals surface area contributed by atoms with Crippen LogP contribution in [-0.2, 0) is 0 Å². The molecule has 4 unspecified atom stereocenters. The first-order valence-electron chi connectivity index (χ1n) is 10.1. The molecule has 2 heteroatoms. The van der Waals surface area contributed by atoms with Gasteiger partial charge in [0.15, 0.2) is 0 Å². The first-order valence-corrected chi connectivity index (χ1v) is 10.1.